The zero-order chi connectivity index (χ0) is 35.4. The van der Waals surface area contributed by atoms with Crippen molar-refractivity contribution in [2.24, 2.45) is 0 Å². The number of amides is 2. The van der Waals surface area contributed by atoms with E-state index in [1.165, 1.54) is 90.3 Å². The summed E-state index contributed by atoms with van der Waals surface area (Å²) in [5, 5.41) is 5.56. The second kappa shape index (κ2) is 23.4. The Morgan fingerprint density at radius 2 is 1.04 bits per heavy atom. The van der Waals surface area contributed by atoms with Crippen LogP contribution < -0.4 is 16.4 Å². The SMILES string of the molecule is O=C[NH][In][NH]C=O.[C-](=CC=Cc1ccccc1)c1ccccc1.[Zr+3].c1ccc2c(N3CCCC3)c[cH-]c2c1.c1ccc2c(N3CCCC3)c[cH-]c2c1. The molecular formula is C44H45InN4O2Zr. The molecule has 2 radical (unpaired) electrons. The average Bonchev–Trinajstić information content (AvgIpc) is 4.03. The predicted molar refractivity (Wildman–Crippen MR) is 215 cm³/mol. The van der Waals surface area contributed by atoms with Crippen molar-refractivity contribution < 1.29 is 35.8 Å². The van der Waals surface area contributed by atoms with Gasteiger partial charge in [0.2, 0.25) is 0 Å². The smallest absolute Gasteiger partial charge is 0.417 e. The van der Waals surface area contributed by atoms with Crippen LogP contribution in [0.4, 0.5) is 11.4 Å². The van der Waals surface area contributed by atoms with E-state index in [1.807, 2.05) is 60.7 Å². The molecule has 52 heavy (non-hydrogen) atoms. The van der Waals surface area contributed by atoms with Crippen molar-refractivity contribution in [1.29, 1.82) is 0 Å². The van der Waals surface area contributed by atoms with Gasteiger partial charge in [-0.3, -0.25) is 0 Å². The fourth-order valence-corrected chi connectivity index (χ4v) is 6.92. The first kappa shape index (κ1) is 40.6. The minimum Gasteiger partial charge on any atom is -0.417 e. The number of nitrogens with one attached hydrogen (secondary N) is 2. The topological polar surface area (TPSA) is 64.7 Å². The molecule has 260 valence electrons. The van der Waals surface area contributed by atoms with Crippen LogP contribution in [0.1, 0.15) is 36.8 Å². The Bertz CT molecular complexity index is 1800. The Morgan fingerprint density at radius 1 is 0.596 bits per heavy atom. The van der Waals surface area contributed by atoms with Crippen LogP contribution in [-0.4, -0.2) is 62.5 Å². The van der Waals surface area contributed by atoms with Crippen LogP contribution >= 0.6 is 0 Å². The maximum Gasteiger partial charge on any atom is 3.00 e. The summed E-state index contributed by atoms with van der Waals surface area (Å²) < 4.78 is 4.83. The van der Waals surface area contributed by atoms with Crippen molar-refractivity contribution >= 4 is 75.3 Å². The van der Waals surface area contributed by atoms with E-state index in [9.17, 15) is 9.59 Å². The molecule has 6 aromatic rings. The molecular weight excluding hydrogens is 823 g/mol. The Labute approximate surface area is 339 Å². The van der Waals surface area contributed by atoms with Gasteiger partial charge in [-0.2, -0.15) is 0 Å². The van der Waals surface area contributed by atoms with Gasteiger partial charge in [0.1, 0.15) is 0 Å². The van der Waals surface area contributed by atoms with E-state index in [0.717, 1.165) is 5.56 Å². The van der Waals surface area contributed by atoms with Crippen LogP contribution in [0.3, 0.4) is 0 Å². The van der Waals surface area contributed by atoms with Gasteiger partial charge < -0.3 is 9.80 Å². The van der Waals surface area contributed by atoms with Crippen LogP contribution in [0, 0.1) is 6.08 Å². The van der Waals surface area contributed by atoms with Crippen molar-refractivity contribution in [3.63, 3.8) is 0 Å². The van der Waals surface area contributed by atoms with Crippen LogP contribution in [0.25, 0.3) is 27.6 Å². The Kier molecular flexibility index (Phi) is 18.3. The van der Waals surface area contributed by atoms with Gasteiger partial charge in [-0.25, -0.2) is 0 Å². The molecule has 2 fully saturated rings. The molecule has 2 saturated heterocycles. The first-order valence-electron chi connectivity index (χ1n) is 17.6. The molecule has 0 saturated carbocycles. The summed E-state index contributed by atoms with van der Waals surface area (Å²) in [4.78, 5) is 23.9. The van der Waals surface area contributed by atoms with E-state index < -0.39 is 23.5 Å². The molecule has 0 atom stereocenters. The van der Waals surface area contributed by atoms with E-state index in [-0.39, 0.29) is 26.2 Å². The number of carbonyl (C=O) groups is 2. The molecule has 8 heteroatoms. The standard InChI is InChI=1S/C16H13.2C13H14N.2CH3NO.In.Zr/c1-3-9-15(10-4-1)13-7-8-14-16-11-5-2-6-12-16;2*1-2-6-12-11(5-1)7-8-13(12)14-9-3-4-10-14;2*2-1-3;;/h1-13H;2*1-2,5-8H,3-4,9-10H2;2*1H,(H2,2,3);;/q3*-1;;;+2;+3/p-2. The molecule has 8 rings (SSSR count). The van der Waals surface area contributed by atoms with Crippen molar-refractivity contribution in [2.75, 3.05) is 36.0 Å². The number of hydrogen-bond acceptors (Lipinski definition) is 4. The zero-order valence-electron chi connectivity index (χ0n) is 29.5. The minimum absolute atomic E-state index is 0. The third kappa shape index (κ3) is 12.8. The fraction of sp³-hybridized carbons (Fsp3) is 0.182. The summed E-state index contributed by atoms with van der Waals surface area (Å²) in [6.07, 6.45) is 15.8. The minimum atomic E-state index is -1.20. The van der Waals surface area contributed by atoms with E-state index in [2.05, 4.69) is 113 Å². The number of rotatable bonds is 9. The third-order valence-electron chi connectivity index (χ3n) is 8.72. The molecule has 2 aliphatic heterocycles. The van der Waals surface area contributed by atoms with E-state index in [0.29, 0.717) is 12.8 Å². The molecule has 6 nitrogen and oxygen atoms in total. The van der Waals surface area contributed by atoms with Gasteiger partial charge in [0.05, 0.1) is 0 Å². The third-order valence-corrected chi connectivity index (χ3v) is 10.4. The largest absolute Gasteiger partial charge is 3.00 e. The molecule has 2 N–H and O–H groups in total. The Balaban J connectivity index is 0.000000159. The molecule has 2 heterocycles. The maximum absolute atomic E-state index is 9.46. The second-order valence-corrected chi connectivity index (χ2v) is 14.9. The van der Waals surface area contributed by atoms with Gasteiger partial charge in [-0.15, -0.1) is 130 Å². The number of nitrogens with zero attached hydrogens (tertiary/aromatic N) is 2. The first-order chi connectivity index (χ1) is 25.3. The summed E-state index contributed by atoms with van der Waals surface area (Å²) in [6.45, 7) is 4.92. The molecule has 0 aliphatic carbocycles. The monoisotopic (exact) mass is 866 g/mol. The summed E-state index contributed by atoms with van der Waals surface area (Å²) in [5.41, 5.74) is 5.16. The summed E-state index contributed by atoms with van der Waals surface area (Å²) in [5.74, 6) is 0. The molecule has 0 unspecified atom stereocenters. The molecule has 2 amide bonds. The molecule has 0 bridgehead atoms. The zero-order valence-corrected chi connectivity index (χ0v) is 35.3. The number of fused-ring (bicyclic) bond motifs is 2. The normalized spacial score (nSPS) is 13.3. The van der Waals surface area contributed by atoms with E-state index in [4.69, 9.17) is 0 Å². The number of allylic oxidation sites excluding steroid dienone is 2. The van der Waals surface area contributed by atoms with Crippen LogP contribution in [0.15, 0.2) is 146 Å². The van der Waals surface area contributed by atoms with Crippen LogP contribution in [0.2, 0.25) is 0 Å². The number of carbonyl (C=O) groups excluding carboxylic acids is 2. The number of anilines is 2. The van der Waals surface area contributed by atoms with E-state index in [1.54, 1.807) is 0 Å². The summed E-state index contributed by atoms with van der Waals surface area (Å²) in [7, 11) is 0. The maximum atomic E-state index is 9.46. The van der Waals surface area contributed by atoms with Gasteiger partial charge in [0.25, 0.3) is 0 Å². The quantitative estimate of drug-likeness (QED) is 0.0664. The number of benzene rings is 4. The molecule has 0 aromatic heterocycles. The fourth-order valence-electron chi connectivity index (χ4n) is 6.25. The summed E-state index contributed by atoms with van der Waals surface area (Å²) in [6, 6.07) is 46.6. The van der Waals surface area contributed by atoms with E-state index >= 15 is 0 Å². The van der Waals surface area contributed by atoms with Crippen LogP contribution in [0.5, 0.6) is 0 Å². The van der Waals surface area contributed by atoms with Gasteiger partial charge in [-0.05, 0) is 31.2 Å². The Morgan fingerprint density at radius 3 is 1.52 bits per heavy atom. The summed E-state index contributed by atoms with van der Waals surface area (Å²) >= 11 is -1.20. The predicted octanol–water partition coefficient (Wildman–Crippen LogP) is 8.44. The van der Waals surface area contributed by atoms with Gasteiger partial charge in [-0.1, -0.05) is 66.0 Å². The van der Waals surface area contributed by atoms with Crippen molar-refractivity contribution in [1.82, 2.24) is 6.61 Å². The van der Waals surface area contributed by atoms with Crippen molar-refractivity contribution in [2.45, 2.75) is 25.7 Å². The van der Waals surface area contributed by atoms with Gasteiger partial charge >= 0.3 is 78.7 Å². The molecule has 6 aromatic carbocycles. The van der Waals surface area contributed by atoms with Gasteiger partial charge in [0, 0.05) is 26.2 Å². The molecule has 0 spiro atoms. The first-order valence-corrected chi connectivity index (χ1v) is 20.9. The molecule has 2 aliphatic rings. The Hall–Kier alpha value is -4.13. The average molecular weight is 868 g/mol. The van der Waals surface area contributed by atoms with Crippen molar-refractivity contribution in [3.8, 4) is 0 Å². The van der Waals surface area contributed by atoms with Gasteiger partial charge in [0.15, 0.2) is 0 Å². The number of hydrogen-bond donors (Lipinski definition) is 2. The van der Waals surface area contributed by atoms with Crippen LogP contribution in [-0.2, 0) is 35.8 Å². The second-order valence-electron chi connectivity index (χ2n) is 12.2. The van der Waals surface area contributed by atoms with Crippen molar-refractivity contribution in [3.05, 3.63) is 163 Å².